The minimum Gasteiger partial charge on any atom is -0.330 e. The summed E-state index contributed by atoms with van der Waals surface area (Å²) in [5.74, 6) is -2.36. The van der Waals surface area contributed by atoms with E-state index in [4.69, 9.17) is 5.73 Å². The van der Waals surface area contributed by atoms with Gasteiger partial charge in [-0.25, -0.2) is 18.2 Å². The van der Waals surface area contributed by atoms with Crippen LogP contribution in [0, 0.1) is 17.5 Å². The Kier molecular flexibility index (Phi) is 6.39. The Morgan fingerprint density at radius 3 is 2.41 bits per heavy atom. The van der Waals surface area contributed by atoms with Gasteiger partial charge in [0.1, 0.15) is 29.3 Å². The Bertz CT molecular complexity index is 1190. The molecule has 0 saturated carbocycles. The van der Waals surface area contributed by atoms with Gasteiger partial charge in [0.05, 0.1) is 0 Å². The summed E-state index contributed by atoms with van der Waals surface area (Å²) in [4.78, 5) is 18.2. The molecule has 5 nitrogen and oxygen atoms in total. The summed E-state index contributed by atoms with van der Waals surface area (Å²) in [6, 6.07) is 6.09. The number of benzene rings is 2. The van der Waals surface area contributed by atoms with Crippen LogP contribution in [0.4, 0.5) is 26.3 Å². The molecule has 3 aromatic rings. The number of rotatable bonds is 5. The van der Waals surface area contributed by atoms with E-state index in [1.165, 1.54) is 21.6 Å². The number of carbonyl (C=O) groups excluding carboxylic acids is 1. The predicted octanol–water partition coefficient (Wildman–Crippen LogP) is 4.21. The molecule has 1 aromatic heterocycles. The normalized spacial score (nSPS) is 16.9. The van der Waals surface area contributed by atoms with E-state index in [1.807, 2.05) is 0 Å². The molecule has 11 heteroatoms. The SMILES string of the molecule is N[C@@H](CC(=O)N1CCn2cc(C(F)(F)F)nc2C1c1ccc(F)cc1)Cc1cc(F)ccc1F. The topological polar surface area (TPSA) is 64.2 Å². The van der Waals surface area contributed by atoms with Gasteiger partial charge in [0, 0.05) is 31.7 Å². The molecule has 34 heavy (non-hydrogen) atoms. The quantitative estimate of drug-likeness (QED) is 0.555. The number of hydrogen-bond acceptors (Lipinski definition) is 3. The first kappa shape index (κ1) is 23.8. The van der Waals surface area contributed by atoms with Gasteiger partial charge >= 0.3 is 6.18 Å². The van der Waals surface area contributed by atoms with E-state index >= 15 is 0 Å². The predicted molar refractivity (Wildman–Crippen MR) is 110 cm³/mol. The average Bonchev–Trinajstić information content (AvgIpc) is 3.21. The number of nitrogens with zero attached hydrogens (tertiary/aromatic N) is 3. The first-order chi connectivity index (χ1) is 16.0. The van der Waals surface area contributed by atoms with Gasteiger partial charge < -0.3 is 15.2 Å². The molecule has 0 saturated heterocycles. The number of carbonyl (C=O) groups is 1. The maximum Gasteiger partial charge on any atom is 0.434 e. The number of aromatic nitrogens is 2. The van der Waals surface area contributed by atoms with Crippen LogP contribution in [-0.2, 0) is 23.9 Å². The zero-order chi connectivity index (χ0) is 24.6. The number of fused-ring (bicyclic) bond motifs is 1. The van der Waals surface area contributed by atoms with E-state index in [0.29, 0.717) is 5.56 Å². The van der Waals surface area contributed by atoms with E-state index in [9.17, 15) is 31.1 Å². The van der Waals surface area contributed by atoms with E-state index in [-0.39, 0.29) is 37.3 Å². The lowest BCUT2D eigenvalue weighted by Gasteiger charge is -2.36. The van der Waals surface area contributed by atoms with Crippen LogP contribution >= 0.6 is 0 Å². The van der Waals surface area contributed by atoms with Crippen molar-refractivity contribution in [2.45, 2.75) is 37.6 Å². The summed E-state index contributed by atoms with van der Waals surface area (Å²) < 4.78 is 82.0. The molecule has 0 radical (unpaired) electrons. The lowest BCUT2D eigenvalue weighted by atomic mass is 9.99. The van der Waals surface area contributed by atoms with Gasteiger partial charge in [-0.1, -0.05) is 12.1 Å². The molecule has 0 bridgehead atoms. The fourth-order valence-corrected chi connectivity index (χ4v) is 4.09. The van der Waals surface area contributed by atoms with Gasteiger partial charge in [0.2, 0.25) is 5.91 Å². The van der Waals surface area contributed by atoms with E-state index in [0.717, 1.165) is 36.5 Å². The highest BCUT2D eigenvalue weighted by molar-refractivity contribution is 5.78. The van der Waals surface area contributed by atoms with Crippen molar-refractivity contribution in [3.8, 4) is 0 Å². The van der Waals surface area contributed by atoms with E-state index < -0.39 is 47.3 Å². The Labute approximate surface area is 190 Å². The number of imidazole rings is 1. The molecular weight excluding hydrogens is 462 g/mol. The minimum atomic E-state index is -4.68. The molecule has 1 aliphatic heterocycles. The van der Waals surface area contributed by atoms with Crippen molar-refractivity contribution >= 4 is 5.91 Å². The average molecular weight is 482 g/mol. The van der Waals surface area contributed by atoms with Crippen LogP contribution in [0.15, 0.2) is 48.7 Å². The number of amides is 1. The van der Waals surface area contributed by atoms with Crippen LogP contribution in [0.5, 0.6) is 0 Å². The largest absolute Gasteiger partial charge is 0.434 e. The first-order valence-corrected chi connectivity index (χ1v) is 10.4. The van der Waals surface area contributed by atoms with Gasteiger partial charge in [-0.15, -0.1) is 0 Å². The zero-order valence-corrected chi connectivity index (χ0v) is 17.7. The first-order valence-electron chi connectivity index (χ1n) is 10.4. The standard InChI is InChI=1S/C23H20F6N4O/c24-15-3-1-13(2-4-15)21-22-31-19(23(27,28)29)12-32(22)7-8-33(21)20(34)11-17(30)10-14-9-16(25)5-6-18(14)26/h1-6,9,12,17,21H,7-8,10-11,30H2/t17-,21?/m1/s1. The van der Waals surface area contributed by atoms with Crippen LogP contribution in [0.2, 0.25) is 0 Å². The number of halogens is 6. The Morgan fingerprint density at radius 1 is 1.06 bits per heavy atom. The van der Waals surface area contributed by atoms with Crippen molar-refractivity contribution < 1.29 is 31.1 Å². The maximum atomic E-state index is 14.0. The Morgan fingerprint density at radius 2 is 1.74 bits per heavy atom. The second-order valence-corrected chi connectivity index (χ2v) is 8.12. The highest BCUT2D eigenvalue weighted by Crippen LogP contribution is 2.36. The molecule has 4 rings (SSSR count). The van der Waals surface area contributed by atoms with Crippen LogP contribution in [0.3, 0.4) is 0 Å². The summed E-state index contributed by atoms with van der Waals surface area (Å²) in [6.07, 6.45) is -4.17. The molecule has 2 heterocycles. The maximum absolute atomic E-state index is 14.0. The van der Waals surface area contributed by atoms with Crippen molar-refractivity contribution in [2.75, 3.05) is 6.54 Å². The monoisotopic (exact) mass is 482 g/mol. The molecule has 1 unspecified atom stereocenters. The van der Waals surface area contributed by atoms with Crippen LogP contribution in [0.1, 0.15) is 35.1 Å². The molecule has 1 amide bonds. The molecule has 2 atom stereocenters. The second kappa shape index (κ2) is 9.13. The number of alkyl halides is 3. The fraction of sp³-hybridized carbons (Fsp3) is 0.304. The zero-order valence-electron chi connectivity index (χ0n) is 17.7. The van der Waals surface area contributed by atoms with Gasteiger partial charge in [0.25, 0.3) is 0 Å². The Hall–Kier alpha value is -3.34. The summed E-state index contributed by atoms with van der Waals surface area (Å²) >= 11 is 0. The summed E-state index contributed by atoms with van der Waals surface area (Å²) in [5.41, 5.74) is 5.33. The van der Waals surface area contributed by atoms with Gasteiger partial charge in [0.15, 0.2) is 5.69 Å². The van der Waals surface area contributed by atoms with Gasteiger partial charge in [-0.2, -0.15) is 13.2 Å². The molecule has 0 fully saturated rings. The van der Waals surface area contributed by atoms with Gasteiger partial charge in [-0.05, 0) is 47.9 Å². The fourth-order valence-electron chi connectivity index (χ4n) is 4.09. The second-order valence-electron chi connectivity index (χ2n) is 8.12. The van der Waals surface area contributed by atoms with Gasteiger partial charge in [-0.3, -0.25) is 4.79 Å². The Balaban J connectivity index is 1.61. The smallest absolute Gasteiger partial charge is 0.330 e. The molecule has 2 aromatic carbocycles. The van der Waals surface area contributed by atoms with Crippen molar-refractivity contribution in [3.05, 3.63) is 88.8 Å². The van der Waals surface area contributed by atoms with Crippen molar-refractivity contribution in [1.29, 1.82) is 0 Å². The van der Waals surface area contributed by atoms with Crippen molar-refractivity contribution in [1.82, 2.24) is 14.5 Å². The number of hydrogen-bond donors (Lipinski definition) is 1. The lowest BCUT2D eigenvalue weighted by Crippen LogP contribution is -2.44. The summed E-state index contributed by atoms with van der Waals surface area (Å²) in [6.45, 7) is 0.123. The number of nitrogens with two attached hydrogens (primary N) is 1. The summed E-state index contributed by atoms with van der Waals surface area (Å²) in [7, 11) is 0. The van der Waals surface area contributed by atoms with E-state index in [1.54, 1.807) is 0 Å². The van der Waals surface area contributed by atoms with Crippen molar-refractivity contribution in [3.63, 3.8) is 0 Å². The third-order valence-corrected chi connectivity index (χ3v) is 5.67. The molecular formula is C23H20F6N4O. The van der Waals surface area contributed by atoms with E-state index in [2.05, 4.69) is 4.98 Å². The highest BCUT2D eigenvalue weighted by Gasteiger charge is 2.40. The van der Waals surface area contributed by atoms with Crippen LogP contribution < -0.4 is 5.73 Å². The van der Waals surface area contributed by atoms with Crippen molar-refractivity contribution in [2.24, 2.45) is 5.73 Å². The molecule has 1 aliphatic rings. The van der Waals surface area contributed by atoms with Crippen LogP contribution in [-0.4, -0.2) is 32.9 Å². The third kappa shape index (κ3) is 4.93. The molecule has 2 N–H and O–H groups in total. The summed E-state index contributed by atoms with van der Waals surface area (Å²) in [5, 5.41) is 0. The molecule has 0 aliphatic carbocycles. The highest BCUT2D eigenvalue weighted by atomic mass is 19.4. The molecule has 180 valence electrons. The third-order valence-electron chi connectivity index (χ3n) is 5.67. The van der Waals surface area contributed by atoms with Crippen LogP contribution in [0.25, 0.3) is 0 Å². The minimum absolute atomic E-state index is 0.0109. The lowest BCUT2D eigenvalue weighted by molar-refractivity contribution is -0.141. The molecule has 0 spiro atoms.